The fourth-order valence-electron chi connectivity index (χ4n) is 2.85. The summed E-state index contributed by atoms with van der Waals surface area (Å²) < 4.78 is 13.6. The second kappa shape index (κ2) is 3.69. The molecular formula is C12H14ClFN2. The van der Waals surface area contributed by atoms with Gasteiger partial charge >= 0.3 is 0 Å². The van der Waals surface area contributed by atoms with Gasteiger partial charge < -0.3 is 11.1 Å². The molecule has 0 amide bonds. The van der Waals surface area contributed by atoms with Crippen LogP contribution in [-0.4, -0.2) is 18.6 Å². The maximum atomic E-state index is 13.6. The zero-order valence-electron chi connectivity index (χ0n) is 8.79. The Morgan fingerprint density at radius 1 is 1.50 bits per heavy atom. The molecule has 2 nitrogen and oxygen atoms in total. The quantitative estimate of drug-likeness (QED) is 0.824. The van der Waals surface area contributed by atoms with E-state index in [9.17, 15) is 4.39 Å². The first-order chi connectivity index (χ1) is 7.68. The van der Waals surface area contributed by atoms with Gasteiger partial charge in [-0.05, 0) is 30.4 Å². The molecule has 16 heavy (non-hydrogen) atoms. The number of fused-ring (bicyclic) bond motifs is 1. The summed E-state index contributed by atoms with van der Waals surface area (Å²) in [5.74, 6) is 0.887. The van der Waals surface area contributed by atoms with E-state index in [1.807, 2.05) is 0 Å². The second-order valence-corrected chi connectivity index (χ2v) is 5.14. The summed E-state index contributed by atoms with van der Waals surface area (Å²) in [6, 6.07) is 5.42. The highest BCUT2D eigenvalue weighted by molar-refractivity contribution is 6.31. The Kier molecular flexibility index (Phi) is 2.42. The fourth-order valence-corrected chi connectivity index (χ4v) is 3.09. The lowest BCUT2D eigenvalue weighted by Crippen LogP contribution is -2.34. The molecule has 2 fully saturated rings. The van der Waals surface area contributed by atoms with Gasteiger partial charge in [0.1, 0.15) is 5.82 Å². The molecule has 1 aliphatic heterocycles. The van der Waals surface area contributed by atoms with Crippen molar-refractivity contribution < 1.29 is 4.39 Å². The summed E-state index contributed by atoms with van der Waals surface area (Å²) in [6.45, 7) is 0.961. The first-order valence-corrected chi connectivity index (χ1v) is 5.98. The van der Waals surface area contributed by atoms with Gasteiger partial charge in [0.15, 0.2) is 0 Å². The molecule has 1 heterocycles. The molecule has 86 valence electrons. The van der Waals surface area contributed by atoms with E-state index in [1.54, 1.807) is 12.1 Å². The first-order valence-electron chi connectivity index (χ1n) is 5.60. The Bertz CT molecular complexity index is 403. The van der Waals surface area contributed by atoms with Crippen molar-refractivity contribution in [3.05, 3.63) is 34.6 Å². The van der Waals surface area contributed by atoms with Crippen LogP contribution in [0.2, 0.25) is 5.02 Å². The molecule has 1 saturated carbocycles. The minimum Gasteiger partial charge on any atom is -0.327 e. The number of hydrogen-bond donors (Lipinski definition) is 2. The number of rotatable bonds is 2. The maximum absolute atomic E-state index is 13.6. The molecule has 1 aromatic carbocycles. The summed E-state index contributed by atoms with van der Waals surface area (Å²) in [5, 5.41) is 3.90. The molecule has 0 spiro atoms. The van der Waals surface area contributed by atoms with Crippen LogP contribution in [0, 0.1) is 17.7 Å². The highest BCUT2D eigenvalue weighted by atomic mass is 35.5. The minimum atomic E-state index is -0.216. The molecular weight excluding hydrogens is 227 g/mol. The Balaban J connectivity index is 1.79. The van der Waals surface area contributed by atoms with Gasteiger partial charge in [0, 0.05) is 29.2 Å². The summed E-state index contributed by atoms with van der Waals surface area (Å²) in [7, 11) is 0. The van der Waals surface area contributed by atoms with Crippen molar-refractivity contribution in [3.63, 3.8) is 0 Å². The van der Waals surface area contributed by atoms with Crippen molar-refractivity contribution in [2.75, 3.05) is 6.54 Å². The van der Waals surface area contributed by atoms with E-state index in [1.165, 1.54) is 6.07 Å². The number of piperidine rings is 1. The summed E-state index contributed by atoms with van der Waals surface area (Å²) in [5.41, 5.74) is 6.54. The predicted octanol–water partition coefficient (Wildman–Crippen LogP) is 1.57. The molecule has 0 aromatic heterocycles. The number of halogens is 2. The van der Waals surface area contributed by atoms with Gasteiger partial charge in [0.2, 0.25) is 0 Å². The average molecular weight is 241 g/mol. The SMILES string of the molecule is NC1C2CNC(Cc3c(F)cccc3Cl)C12. The second-order valence-electron chi connectivity index (χ2n) is 4.74. The minimum absolute atomic E-state index is 0.216. The van der Waals surface area contributed by atoms with Crippen LogP contribution in [0.25, 0.3) is 0 Å². The Hall–Kier alpha value is -0.640. The Labute approximate surface area is 99.0 Å². The van der Waals surface area contributed by atoms with Crippen molar-refractivity contribution in [1.82, 2.24) is 5.32 Å². The molecule has 1 aromatic rings. The lowest BCUT2D eigenvalue weighted by Gasteiger charge is -2.16. The number of benzene rings is 1. The Morgan fingerprint density at radius 3 is 2.94 bits per heavy atom. The van der Waals surface area contributed by atoms with E-state index < -0.39 is 0 Å². The van der Waals surface area contributed by atoms with Gasteiger partial charge in [0.25, 0.3) is 0 Å². The van der Waals surface area contributed by atoms with E-state index in [-0.39, 0.29) is 11.9 Å². The molecule has 4 heteroatoms. The van der Waals surface area contributed by atoms with Crippen LogP contribution in [0.15, 0.2) is 18.2 Å². The zero-order chi connectivity index (χ0) is 11.3. The van der Waals surface area contributed by atoms with Crippen molar-refractivity contribution in [3.8, 4) is 0 Å². The van der Waals surface area contributed by atoms with Crippen LogP contribution in [-0.2, 0) is 6.42 Å². The normalized spacial score (nSPS) is 36.2. The zero-order valence-corrected chi connectivity index (χ0v) is 9.54. The third kappa shape index (κ3) is 1.54. The lowest BCUT2D eigenvalue weighted by atomic mass is 10.0. The third-order valence-corrected chi connectivity index (χ3v) is 4.21. The summed E-state index contributed by atoms with van der Waals surface area (Å²) in [6.07, 6.45) is 0.639. The van der Waals surface area contributed by atoms with Gasteiger partial charge in [0.05, 0.1) is 0 Å². The molecule has 0 bridgehead atoms. The van der Waals surface area contributed by atoms with Crippen molar-refractivity contribution in [1.29, 1.82) is 0 Å². The van der Waals surface area contributed by atoms with E-state index in [0.717, 1.165) is 6.54 Å². The monoisotopic (exact) mass is 240 g/mol. The average Bonchev–Trinajstić information content (AvgIpc) is 2.72. The van der Waals surface area contributed by atoms with E-state index in [0.29, 0.717) is 34.9 Å². The van der Waals surface area contributed by atoms with Gasteiger partial charge in [-0.1, -0.05) is 17.7 Å². The van der Waals surface area contributed by atoms with Crippen molar-refractivity contribution >= 4 is 11.6 Å². The van der Waals surface area contributed by atoms with Gasteiger partial charge in [-0.15, -0.1) is 0 Å². The molecule has 4 atom stereocenters. The molecule has 3 rings (SSSR count). The highest BCUT2D eigenvalue weighted by Crippen LogP contribution is 2.45. The fraction of sp³-hybridized carbons (Fsp3) is 0.500. The lowest BCUT2D eigenvalue weighted by molar-refractivity contribution is 0.497. The summed E-state index contributed by atoms with van der Waals surface area (Å²) in [4.78, 5) is 0. The standard InChI is InChI=1S/C12H14ClFN2/c13-8-2-1-3-9(14)6(8)4-10-11-7(5-16-10)12(11)15/h1-3,7,10-12,16H,4-5,15H2. The maximum Gasteiger partial charge on any atom is 0.127 e. The van der Waals surface area contributed by atoms with E-state index in [4.69, 9.17) is 17.3 Å². The van der Waals surface area contributed by atoms with Crippen LogP contribution >= 0.6 is 11.6 Å². The Morgan fingerprint density at radius 2 is 2.31 bits per heavy atom. The van der Waals surface area contributed by atoms with E-state index in [2.05, 4.69) is 5.32 Å². The molecule has 1 aliphatic carbocycles. The third-order valence-electron chi connectivity index (χ3n) is 3.86. The topological polar surface area (TPSA) is 38.0 Å². The van der Waals surface area contributed by atoms with Crippen molar-refractivity contribution in [2.45, 2.75) is 18.5 Å². The van der Waals surface area contributed by atoms with E-state index >= 15 is 0 Å². The molecule has 1 saturated heterocycles. The number of nitrogens with one attached hydrogen (secondary N) is 1. The smallest absolute Gasteiger partial charge is 0.127 e. The van der Waals surface area contributed by atoms with Crippen LogP contribution in [0.3, 0.4) is 0 Å². The van der Waals surface area contributed by atoms with Crippen LogP contribution < -0.4 is 11.1 Å². The van der Waals surface area contributed by atoms with Crippen LogP contribution in [0.5, 0.6) is 0 Å². The molecule has 3 N–H and O–H groups in total. The highest BCUT2D eigenvalue weighted by Gasteiger charge is 2.55. The largest absolute Gasteiger partial charge is 0.327 e. The van der Waals surface area contributed by atoms with Gasteiger partial charge in [-0.2, -0.15) is 0 Å². The first kappa shape index (κ1) is 10.5. The van der Waals surface area contributed by atoms with Gasteiger partial charge in [-0.25, -0.2) is 4.39 Å². The summed E-state index contributed by atoms with van der Waals surface area (Å²) >= 11 is 6.01. The molecule has 2 aliphatic rings. The number of hydrogen-bond acceptors (Lipinski definition) is 2. The molecule has 4 unspecified atom stereocenters. The van der Waals surface area contributed by atoms with Crippen LogP contribution in [0.1, 0.15) is 5.56 Å². The predicted molar refractivity (Wildman–Crippen MR) is 61.9 cm³/mol. The molecule has 0 radical (unpaired) electrons. The number of nitrogens with two attached hydrogens (primary N) is 1. The van der Waals surface area contributed by atoms with Crippen molar-refractivity contribution in [2.24, 2.45) is 17.6 Å². The van der Waals surface area contributed by atoms with Gasteiger partial charge in [-0.3, -0.25) is 0 Å². The van der Waals surface area contributed by atoms with Crippen LogP contribution in [0.4, 0.5) is 4.39 Å².